The normalized spacial score (nSPS) is 13.6. The fraction of sp³-hybridized carbons (Fsp3) is 0.375. The standard InChI is InChI=1S/C24H29N3O5.ClH/c1-3-30-24(29)17-32-26-18(2)19-7-9-20(10-8-19)21-5-4-6-22(15-21)31-16-23(28)27-13-11-25-12-14-27;/h4-10,15,25H,3,11-14,16-17H2,1-2H3;1H. The summed E-state index contributed by atoms with van der Waals surface area (Å²) in [5.41, 5.74) is 3.53. The van der Waals surface area contributed by atoms with E-state index in [1.54, 1.807) is 6.92 Å². The monoisotopic (exact) mass is 475 g/mol. The Hall–Kier alpha value is -3.10. The first-order chi connectivity index (χ1) is 15.6. The average Bonchev–Trinajstić information content (AvgIpc) is 2.83. The molecule has 9 heteroatoms. The minimum Gasteiger partial charge on any atom is -0.484 e. The number of hydrogen-bond acceptors (Lipinski definition) is 7. The van der Waals surface area contributed by atoms with Gasteiger partial charge in [0.05, 0.1) is 12.3 Å². The second-order valence-corrected chi connectivity index (χ2v) is 7.28. The number of amides is 1. The lowest BCUT2D eigenvalue weighted by Gasteiger charge is -2.27. The van der Waals surface area contributed by atoms with E-state index in [1.807, 2.05) is 60.4 Å². The molecule has 0 aromatic heterocycles. The van der Waals surface area contributed by atoms with Crippen LogP contribution in [0.3, 0.4) is 0 Å². The van der Waals surface area contributed by atoms with Crippen molar-refractivity contribution < 1.29 is 23.9 Å². The van der Waals surface area contributed by atoms with Crippen molar-refractivity contribution in [3.8, 4) is 16.9 Å². The van der Waals surface area contributed by atoms with E-state index in [0.717, 1.165) is 29.8 Å². The van der Waals surface area contributed by atoms with Crippen molar-refractivity contribution in [3.63, 3.8) is 0 Å². The number of benzene rings is 2. The SMILES string of the molecule is CCOC(=O)CON=C(C)c1ccc(-c2cccc(OCC(=O)N3CCNCC3)c2)cc1.Cl. The molecule has 0 saturated carbocycles. The van der Waals surface area contributed by atoms with E-state index in [4.69, 9.17) is 14.3 Å². The molecule has 0 spiro atoms. The van der Waals surface area contributed by atoms with Crippen molar-refractivity contribution in [2.75, 3.05) is 46.0 Å². The molecule has 1 aliphatic heterocycles. The number of nitrogens with zero attached hydrogens (tertiary/aromatic N) is 2. The summed E-state index contributed by atoms with van der Waals surface area (Å²) in [5.74, 6) is 0.206. The first-order valence-electron chi connectivity index (χ1n) is 10.7. The molecule has 0 radical (unpaired) electrons. The molecule has 2 aromatic rings. The van der Waals surface area contributed by atoms with Crippen molar-refractivity contribution in [1.29, 1.82) is 0 Å². The average molecular weight is 476 g/mol. The zero-order chi connectivity index (χ0) is 22.8. The first-order valence-corrected chi connectivity index (χ1v) is 10.7. The highest BCUT2D eigenvalue weighted by atomic mass is 35.5. The Morgan fingerprint density at radius 1 is 1.03 bits per heavy atom. The van der Waals surface area contributed by atoms with Crippen LogP contribution in [0.2, 0.25) is 0 Å². The summed E-state index contributed by atoms with van der Waals surface area (Å²) in [6.45, 7) is 6.74. The Balaban J connectivity index is 0.00000385. The van der Waals surface area contributed by atoms with E-state index < -0.39 is 5.97 Å². The molecule has 1 saturated heterocycles. The topological polar surface area (TPSA) is 89.5 Å². The Labute approximate surface area is 200 Å². The molecule has 3 rings (SSSR count). The second-order valence-electron chi connectivity index (χ2n) is 7.28. The number of rotatable bonds is 9. The number of oxime groups is 1. The van der Waals surface area contributed by atoms with Crippen LogP contribution in [0.15, 0.2) is 53.7 Å². The summed E-state index contributed by atoms with van der Waals surface area (Å²) in [6.07, 6.45) is 0. The lowest BCUT2D eigenvalue weighted by Crippen LogP contribution is -2.47. The molecule has 1 aliphatic rings. The van der Waals surface area contributed by atoms with Crippen LogP contribution < -0.4 is 10.1 Å². The summed E-state index contributed by atoms with van der Waals surface area (Å²) < 4.78 is 10.5. The number of hydrogen-bond donors (Lipinski definition) is 1. The van der Waals surface area contributed by atoms with Crippen LogP contribution in [0, 0.1) is 0 Å². The van der Waals surface area contributed by atoms with Gasteiger partial charge in [-0.25, -0.2) is 4.79 Å². The molecule has 0 atom stereocenters. The molecular formula is C24H30ClN3O5. The number of carbonyl (C=O) groups excluding carboxylic acids is 2. The summed E-state index contributed by atoms with van der Waals surface area (Å²) >= 11 is 0. The summed E-state index contributed by atoms with van der Waals surface area (Å²) in [4.78, 5) is 30.5. The van der Waals surface area contributed by atoms with Crippen molar-refractivity contribution in [3.05, 3.63) is 54.1 Å². The summed E-state index contributed by atoms with van der Waals surface area (Å²) in [6, 6.07) is 15.5. The first kappa shape index (κ1) is 26.2. The van der Waals surface area contributed by atoms with Gasteiger partial charge in [-0.05, 0) is 42.7 Å². The lowest BCUT2D eigenvalue weighted by atomic mass is 10.0. The Kier molecular flexibility index (Phi) is 10.7. The number of esters is 1. The largest absolute Gasteiger partial charge is 0.484 e. The molecule has 8 nitrogen and oxygen atoms in total. The third kappa shape index (κ3) is 8.07. The highest BCUT2D eigenvalue weighted by Gasteiger charge is 2.16. The maximum atomic E-state index is 12.3. The van der Waals surface area contributed by atoms with Crippen LogP contribution in [-0.4, -0.2) is 68.5 Å². The molecule has 1 amide bonds. The lowest BCUT2D eigenvalue weighted by molar-refractivity contribution is -0.148. The Morgan fingerprint density at radius 2 is 1.76 bits per heavy atom. The highest BCUT2D eigenvalue weighted by Crippen LogP contribution is 2.24. The highest BCUT2D eigenvalue weighted by molar-refractivity contribution is 5.98. The summed E-state index contributed by atoms with van der Waals surface area (Å²) in [5, 5.41) is 7.20. The van der Waals surface area contributed by atoms with Gasteiger partial charge in [0.15, 0.2) is 6.61 Å². The number of nitrogens with one attached hydrogen (secondary N) is 1. The molecule has 0 unspecified atom stereocenters. The van der Waals surface area contributed by atoms with Gasteiger partial charge in [0, 0.05) is 26.2 Å². The van der Waals surface area contributed by atoms with Gasteiger partial charge in [-0.2, -0.15) is 0 Å². The van der Waals surface area contributed by atoms with Crippen molar-refractivity contribution >= 4 is 30.0 Å². The van der Waals surface area contributed by atoms with E-state index >= 15 is 0 Å². The van der Waals surface area contributed by atoms with E-state index in [1.165, 1.54) is 0 Å². The van der Waals surface area contributed by atoms with E-state index in [0.29, 0.717) is 31.2 Å². The molecule has 2 aromatic carbocycles. The van der Waals surface area contributed by atoms with Gasteiger partial charge in [0.25, 0.3) is 5.91 Å². The molecule has 178 valence electrons. The number of carbonyl (C=O) groups is 2. The van der Waals surface area contributed by atoms with Crippen LogP contribution in [0.4, 0.5) is 0 Å². The Morgan fingerprint density at radius 3 is 2.45 bits per heavy atom. The smallest absolute Gasteiger partial charge is 0.347 e. The van der Waals surface area contributed by atoms with Gasteiger partial charge < -0.3 is 24.5 Å². The minimum atomic E-state index is -0.448. The third-order valence-corrected chi connectivity index (χ3v) is 4.99. The molecule has 33 heavy (non-hydrogen) atoms. The van der Waals surface area contributed by atoms with Gasteiger partial charge in [0.2, 0.25) is 6.61 Å². The fourth-order valence-electron chi connectivity index (χ4n) is 3.26. The van der Waals surface area contributed by atoms with E-state index in [-0.39, 0.29) is 31.5 Å². The minimum absolute atomic E-state index is 0. The van der Waals surface area contributed by atoms with Crippen molar-refractivity contribution in [2.45, 2.75) is 13.8 Å². The number of halogens is 1. The van der Waals surface area contributed by atoms with E-state index in [2.05, 4.69) is 10.5 Å². The van der Waals surface area contributed by atoms with Gasteiger partial charge in [-0.3, -0.25) is 4.79 Å². The predicted molar refractivity (Wildman–Crippen MR) is 129 cm³/mol. The number of piperazine rings is 1. The molecule has 1 fully saturated rings. The molecule has 0 bridgehead atoms. The second kappa shape index (κ2) is 13.4. The predicted octanol–water partition coefficient (Wildman–Crippen LogP) is 2.89. The van der Waals surface area contributed by atoms with Crippen LogP contribution >= 0.6 is 12.4 Å². The van der Waals surface area contributed by atoms with Crippen LogP contribution in [0.25, 0.3) is 11.1 Å². The summed E-state index contributed by atoms with van der Waals surface area (Å²) in [7, 11) is 0. The van der Waals surface area contributed by atoms with Crippen LogP contribution in [-0.2, 0) is 19.2 Å². The third-order valence-electron chi connectivity index (χ3n) is 4.99. The van der Waals surface area contributed by atoms with Crippen molar-refractivity contribution in [2.24, 2.45) is 5.16 Å². The number of ether oxygens (including phenoxy) is 2. The zero-order valence-electron chi connectivity index (χ0n) is 18.9. The molecule has 0 aliphatic carbocycles. The maximum absolute atomic E-state index is 12.3. The molecular weight excluding hydrogens is 446 g/mol. The van der Waals surface area contributed by atoms with E-state index in [9.17, 15) is 9.59 Å². The van der Waals surface area contributed by atoms with Crippen molar-refractivity contribution in [1.82, 2.24) is 10.2 Å². The maximum Gasteiger partial charge on any atom is 0.347 e. The van der Waals surface area contributed by atoms with Crippen LogP contribution in [0.1, 0.15) is 19.4 Å². The Bertz CT molecular complexity index is 943. The van der Waals surface area contributed by atoms with Crippen LogP contribution in [0.5, 0.6) is 5.75 Å². The van der Waals surface area contributed by atoms with Gasteiger partial charge in [-0.1, -0.05) is 41.6 Å². The van der Waals surface area contributed by atoms with Gasteiger partial charge >= 0.3 is 5.97 Å². The van der Waals surface area contributed by atoms with Gasteiger partial charge in [-0.15, -0.1) is 12.4 Å². The fourth-order valence-corrected chi connectivity index (χ4v) is 3.26. The van der Waals surface area contributed by atoms with Gasteiger partial charge in [0.1, 0.15) is 5.75 Å². The molecule has 1 heterocycles. The molecule has 1 N–H and O–H groups in total. The zero-order valence-corrected chi connectivity index (χ0v) is 19.7. The quantitative estimate of drug-likeness (QED) is 0.341.